The van der Waals surface area contributed by atoms with Crippen LogP contribution in [-0.4, -0.2) is 22.8 Å². The second kappa shape index (κ2) is 5.74. The lowest BCUT2D eigenvalue weighted by Gasteiger charge is -2.21. The molecule has 1 fully saturated rings. The molecule has 7 nitrogen and oxygen atoms in total. The van der Waals surface area contributed by atoms with Gasteiger partial charge in [-0.3, -0.25) is 25.0 Å². The van der Waals surface area contributed by atoms with E-state index >= 15 is 0 Å². The Balaban J connectivity index is 2.07. The molecule has 2 rings (SSSR count). The molecule has 0 radical (unpaired) electrons. The second-order valence-electron chi connectivity index (χ2n) is 4.41. The minimum Gasteiger partial charge on any atom is -0.301 e. The minimum absolute atomic E-state index is 0.0274. The normalized spacial score (nSPS) is 18.8. The number of piperidine rings is 1. The molecule has 1 aliphatic heterocycles. The highest BCUT2D eigenvalue weighted by Crippen LogP contribution is 2.19. The number of nitrogens with zero attached hydrogens (tertiary/aromatic N) is 1. The van der Waals surface area contributed by atoms with Gasteiger partial charge in [0.25, 0.3) is 5.69 Å². The van der Waals surface area contributed by atoms with Gasteiger partial charge in [-0.2, -0.15) is 0 Å². The van der Waals surface area contributed by atoms with E-state index in [0.29, 0.717) is 6.42 Å². The van der Waals surface area contributed by atoms with E-state index in [1.165, 1.54) is 0 Å². The van der Waals surface area contributed by atoms with Crippen molar-refractivity contribution in [1.29, 1.82) is 0 Å². The van der Waals surface area contributed by atoms with E-state index in [0.717, 1.165) is 18.2 Å². The van der Waals surface area contributed by atoms with E-state index in [2.05, 4.69) is 10.6 Å². The highest BCUT2D eigenvalue weighted by Gasteiger charge is 2.26. The molecule has 106 valence electrons. The summed E-state index contributed by atoms with van der Waals surface area (Å²) in [5.41, 5.74) is -0.0640. The summed E-state index contributed by atoms with van der Waals surface area (Å²) in [5, 5.41) is 15.8. The Hall–Kier alpha value is -2.35. The van der Waals surface area contributed by atoms with Gasteiger partial charge in [0, 0.05) is 24.6 Å². The average Bonchev–Trinajstić information content (AvgIpc) is 2.37. The lowest BCUT2D eigenvalue weighted by atomic mass is 10.1. The zero-order valence-electron chi connectivity index (χ0n) is 10.4. The van der Waals surface area contributed by atoms with Gasteiger partial charge in [-0.15, -0.1) is 0 Å². The summed E-state index contributed by atoms with van der Waals surface area (Å²) >= 11 is 0. The first-order valence-electron chi connectivity index (χ1n) is 5.97. The fourth-order valence-electron chi connectivity index (χ4n) is 2.00. The molecule has 2 amide bonds. The Bertz CT molecular complexity index is 576. The molecule has 1 unspecified atom stereocenters. The number of nitrogens with one attached hydrogen (secondary N) is 2. The van der Waals surface area contributed by atoms with Gasteiger partial charge >= 0.3 is 0 Å². The van der Waals surface area contributed by atoms with Gasteiger partial charge in [0.15, 0.2) is 0 Å². The number of rotatable bonds is 4. The number of hydrogen-bond acceptors (Lipinski definition) is 5. The van der Waals surface area contributed by atoms with Crippen LogP contribution in [0.2, 0.25) is 0 Å². The molecule has 0 aromatic heterocycles. The quantitative estimate of drug-likeness (QED) is 0.479. The predicted molar refractivity (Wildman–Crippen MR) is 66.1 cm³/mol. The van der Waals surface area contributed by atoms with Crippen molar-refractivity contribution >= 4 is 17.5 Å². The van der Waals surface area contributed by atoms with Crippen LogP contribution >= 0.6 is 0 Å². The molecule has 1 aromatic carbocycles. The van der Waals surface area contributed by atoms with Crippen molar-refractivity contribution in [3.63, 3.8) is 0 Å². The van der Waals surface area contributed by atoms with Crippen LogP contribution in [0.4, 0.5) is 10.1 Å². The van der Waals surface area contributed by atoms with Crippen LogP contribution in [0.25, 0.3) is 0 Å². The first-order valence-corrected chi connectivity index (χ1v) is 5.97. The maximum atomic E-state index is 13.1. The smallest absolute Gasteiger partial charge is 0.274 e. The Labute approximate surface area is 113 Å². The van der Waals surface area contributed by atoms with Crippen LogP contribution in [0.1, 0.15) is 18.4 Å². The van der Waals surface area contributed by atoms with Crippen LogP contribution in [0.5, 0.6) is 0 Å². The zero-order chi connectivity index (χ0) is 14.7. The van der Waals surface area contributed by atoms with Crippen molar-refractivity contribution in [2.24, 2.45) is 0 Å². The summed E-state index contributed by atoms with van der Waals surface area (Å²) in [6, 6.07) is 2.53. The topological polar surface area (TPSA) is 101 Å². The molecule has 1 saturated heterocycles. The van der Waals surface area contributed by atoms with Gasteiger partial charge in [-0.1, -0.05) is 0 Å². The molecule has 0 saturated carbocycles. The van der Waals surface area contributed by atoms with Crippen LogP contribution in [0, 0.1) is 15.9 Å². The largest absolute Gasteiger partial charge is 0.301 e. The molecule has 1 aromatic rings. The number of halogens is 1. The van der Waals surface area contributed by atoms with E-state index in [4.69, 9.17) is 0 Å². The van der Waals surface area contributed by atoms with Crippen molar-refractivity contribution in [2.45, 2.75) is 25.4 Å². The summed E-state index contributed by atoms with van der Waals surface area (Å²) in [6.07, 6.45) is 0.516. The van der Waals surface area contributed by atoms with Gasteiger partial charge in [0.05, 0.1) is 11.0 Å². The van der Waals surface area contributed by atoms with E-state index in [1.54, 1.807) is 0 Å². The number of nitro groups is 1. The third-order valence-electron chi connectivity index (χ3n) is 3.02. The predicted octanol–water partition coefficient (Wildman–Crippen LogP) is 0.629. The first-order chi connectivity index (χ1) is 9.47. The molecule has 8 heteroatoms. The number of nitro benzene ring substituents is 1. The lowest BCUT2D eigenvalue weighted by Crippen LogP contribution is -2.50. The highest BCUT2D eigenvalue weighted by molar-refractivity contribution is 6.00. The van der Waals surface area contributed by atoms with E-state index in [1.807, 2.05) is 0 Å². The Morgan fingerprint density at radius 3 is 2.85 bits per heavy atom. The van der Waals surface area contributed by atoms with Crippen molar-refractivity contribution in [3.05, 3.63) is 39.7 Å². The summed E-state index contributed by atoms with van der Waals surface area (Å²) in [7, 11) is 0. The molecule has 0 aliphatic carbocycles. The van der Waals surface area contributed by atoms with Gasteiger partial charge in [0.2, 0.25) is 11.8 Å². The zero-order valence-corrected chi connectivity index (χ0v) is 10.4. The molecule has 2 N–H and O–H groups in total. The molecule has 1 heterocycles. The Morgan fingerprint density at radius 1 is 1.45 bits per heavy atom. The van der Waals surface area contributed by atoms with Gasteiger partial charge < -0.3 is 5.32 Å². The maximum Gasteiger partial charge on any atom is 0.274 e. The highest BCUT2D eigenvalue weighted by atomic mass is 19.1. The average molecular weight is 281 g/mol. The van der Waals surface area contributed by atoms with Crippen molar-refractivity contribution in [1.82, 2.24) is 10.6 Å². The molecule has 20 heavy (non-hydrogen) atoms. The minimum atomic E-state index is -0.615. The van der Waals surface area contributed by atoms with Gasteiger partial charge in [-0.25, -0.2) is 4.39 Å². The maximum absolute atomic E-state index is 13.1. The number of amides is 2. The van der Waals surface area contributed by atoms with Crippen molar-refractivity contribution in [3.8, 4) is 0 Å². The summed E-state index contributed by atoms with van der Waals surface area (Å²) < 4.78 is 13.1. The molecular formula is C12H12FN3O4. The Kier molecular flexibility index (Phi) is 4.04. The first kappa shape index (κ1) is 14.1. The van der Waals surface area contributed by atoms with Crippen molar-refractivity contribution in [2.75, 3.05) is 0 Å². The molecule has 1 aliphatic rings. The Morgan fingerprint density at radius 2 is 2.20 bits per heavy atom. The van der Waals surface area contributed by atoms with Gasteiger partial charge in [-0.05, 0) is 18.6 Å². The second-order valence-corrected chi connectivity index (χ2v) is 4.41. The molecular weight excluding hydrogens is 269 g/mol. The van der Waals surface area contributed by atoms with Crippen LogP contribution in [-0.2, 0) is 16.1 Å². The molecule has 0 spiro atoms. The number of benzene rings is 1. The van der Waals surface area contributed by atoms with E-state index < -0.39 is 22.7 Å². The summed E-state index contributed by atoms with van der Waals surface area (Å²) in [4.78, 5) is 32.7. The lowest BCUT2D eigenvalue weighted by molar-refractivity contribution is -0.385. The third kappa shape index (κ3) is 3.15. The summed E-state index contributed by atoms with van der Waals surface area (Å²) in [6.45, 7) is -0.0274. The van der Waals surface area contributed by atoms with E-state index in [-0.39, 0.29) is 30.1 Å². The summed E-state index contributed by atoms with van der Waals surface area (Å²) in [5.74, 6) is -1.40. The molecule has 0 bridgehead atoms. The third-order valence-corrected chi connectivity index (χ3v) is 3.02. The number of hydrogen-bond donors (Lipinski definition) is 2. The van der Waals surface area contributed by atoms with Gasteiger partial charge in [0.1, 0.15) is 5.82 Å². The fraction of sp³-hybridized carbons (Fsp3) is 0.333. The number of carbonyl (C=O) groups is 2. The van der Waals surface area contributed by atoms with Crippen LogP contribution in [0.15, 0.2) is 18.2 Å². The van der Waals surface area contributed by atoms with E-state index in [9.17, 15) is 24.1 Å². The monoisotopic (exact) mass is 281 g/mol. The molecule has 1 atom stereocenters. The number of imide groups is 1. The SMILES string of the molecule is O=C1CCC(NCc2cc(F)ccc2[N+](=O)[O-])C(=O)N1. The number of carbonyl (C=O) groups excluding carboxylic acids is 2. The van der Waals surface area contributed by atoms with Crippen LogP contribution < -0.4 is 10.6 Å². The standard InChI is InChI=1S/C12H12FN3O4/c13-8-1-3-10(16(19)20)7(5-8)6-14-9-2-4-11(17)15-12(9)18/h1,3,5,9,14H,2,4,6H2,(H,15,17,18). The fourth-order valence-corrected chi connectivity index (χ4v) is 2.00. The van der Waals surface area contributed by atoms with Crippen LogP contribution in [0.3, 0.4) is 0 Å². The van der Waals surface area contributed by atoms with Crippen molar-refractivity contribution < 1.29 is 18.9 Å².